The third-order valence-corrected chi connectivity index (χ3v) is 8.56. The van der Waals surface area contributed by atoms with E-state index < -0.39 is 28.5 Å². The summed E-state index contributed by atoms with van der Waals surface area (Å²) >= 11 is 6.29. The smallest absolute Gasteiger partial charge is 0.264 e. The van der Waals surface area contributed by atoms with Crippen molar-refractivity contribution in [2.45, 2.75) is 64.6 Å². The number of benzene rings is 3. The van der Waals surface area contributed by atoms with Gasteiger partial charge in [0.05, 0.1) is 17.7 Å². The van der Waals surface area contributed by atoms with Crippen LogP contribution in [0, 0.1) is 13.8 Å². The fraction of sp³-hybridized carbons (Fsp3) is 0.355. The van der Waals surface area contributed by atoms with Gasteiger partial charge < -0.3 is 15.0 Å². The third kappa shape index (κ3) is 8.01. The Hall–Kier alpha value is -3.56. The van der Waals surface area contributed by atoms with E-state index in [-0.39, 0.29) is 39.8 Å². The lowest BCUT2D eigenvalue weighted by Gasteiger charge is -2.34. The van der Waals surface area contributed by atoms with Crippen molar-refractivity contribution >= 4 is 39.1 Å². The first kappa shape index (κ1) is 32.0. The van der Waals surface area contributed by atoms with E-state index in [1.54, 1.807) is 24.3 Å². The minimum Gasteiger partial charge on any atom is -0.495 e. The molecule has 1 atom stereocenters. The predicted molar refractivity (Wildman–Crippen MR) is 163 cm³/mol. The quantitative estimate of drug-likeness (QED) is 0.297. The molecular formula is C31H38ClN3O5S. The van der Waals surface area contributed by atoms with Gasteiger partial charge in [-0.3, -0.25) is 13.9 Å². The Labute approximate surface area is 248 Å². The van der Waals surface area contributed by atoms with E-state index in [1.807, 2.05) is 58.9 Å². The standard InChI is InChI=1S/C31H38ClN3O5S/c1-7-27(31(37)33-21(2)3)34(19-24-10-8-9-23(5)17-24)30(36)20-35(28-18-25(32)13-16-29(28)40-6)41(38,39)26-14-11-22(4)12-15-26/h8-18,21,27H,7,19-20H2,1-6H3,(H,33,37). The molecule has 3 aromatic rings. The summed E-state index contributed by atoms with van der Waals surface area (Å²) in [5.41, 5.74) is 2.83. The fourth-order valence-electron chi connectivity index (χ4n) is 4.52. The zero-order valence-electron chi connectivity index (χ0n) is 24.3. The van der Waals surface area contributed by atoms with Gasteiger partial charge in [-0.05, 0) is 70.0 Å². The molecule has 3 rings (SSSR count). The van der Waals surface area contributed by atoms with Gasteiger partial charge in [0.15, 0.2) is 0 Å². The van der Waals surface area contributed by atoms with Gasteiger partial charge in [-0.25, -0.2) is 8.42 Å². The van der Waals surface area contributed by atoms with Crippen LogP contribution in [0.5, 0.6) is 5.75 Å². The predicted octanol–water partition coefficient (Wildman–Crippen LogP) is 5.49. The molecule has 0 saturated heterocycles. The molecule has 0 spiro atoms. The molecule has 1 unspecified atom stereocenters. The Kier molecular flexibility index (Phi) is 10.8. The zero-order valence-corrected chi connectivity index (χ0v) is 25.9. The van der Waals surface area contributed by atoms with Crippen LogP contribution in [0.4, 0.5) is 5.69 Å². The maximum absolute atomic E-state index is 14.2. The second-order valence-corrected chi connectivity index (χ2v) is 12.5. The number of carbonyl (C=O) groups excluding carboxylic acids is 2. The molecule has 0 aliphatic carbocycles. The molecule has 0 saturated carbocycles. The number of rotatable bonds is 12. The van der Waals surface area contributed by atoms with Crippen LogP contribution in [0.3, 0.4) is 0 Å². The summed E-state index contributed by atoms with van der Waals surface area (Å²) in [6.07, 6.45) is 0.335. The first-order valence-corrected chi connectivity index (χ1v) is 15.3. The molecule has 1 N–H and O–H groups in total. The number of carbonyl (C=O) groups is 2. The van der Waals surface area contributed by atoms with Crippen molar-refractivity contribution in [3.8, 4) is 5.75 Å². The highest BCUT2D eigenvalue weighted by Crippen LogP contribution is 2.35. The van der Waals surface area contributed by atoms with Crippen LogP contribution in [-0.4, -0.2) is 50.9 Å². The highest BCUT2D eigenvalue weighted by Gasteiger charge is 2.35. The SMILES string of the molecule is CCC(C(=O)NC(C)C)N(Cc1cccc(C)c1)C(=O)CN(c1cc(Cl)ccc1OC)S(=O)(=O)c1ccc(C)cc1. The summed E-state index contributed by atoms with van der Waals surface area (Å²) in [4.78, 5) is 28.9. The number of amides is 2. The second-order valence-electron chi connectivity index (χ2n) is 10.2. The third-order valence-electron chi connectivity index (χ3n) is 6.55. The molecule has 0 bridgehead atoms. The molecule has 0 aliphatic rings. The van der Waals surface area contributed by atoms with Crippen molar-refractivity contribution in [3.05, 3.63) is 88.4 Å². The van der Waals surface area contributed by atoms with Crippen LogP contribution < -0.4 is 14.4 Å². The summed E-state index contributed by atoms with van der Waals surface area (Å²) in [6.45, 7) is 8.85. The Morgan fingerprint density at radius 2 is 1.66 bits per heavy atom. The number of hydrogen-bond acceptors (Lipinski definition) is 5. The number of nitrogens with zero attached hydrogens (tertiary/aromatic N) is 2. The van der Waals surface area contributed by atoms with Crippen LogP contribution in [0.2, 0.25) is 5.02 Å². The van der Waals surface area contributed by atoms with Gasteiger partial charge in [0, 0.05) is 17.6 Å². The van der Waals surface area contributed by atoms with Crippen LogP contribution in [0.15, 0.2) is 71.6 Å². The summed E-state index contributed by atoms with van der Waals surface area (Å²) in [6, 6.07) is 17.6. The molecule has 220 valence electrons. The Bertz CT molecular complexity index is 1480. The minimum absolute atomic E-state index is 0.00718. The molecule has 0 aliphatic heterocycles. The highest BCUT2D eigenvalue weighted by atomic mass is 35.5. The van der Waals surface area contributed by atoms with Crippen LogP contribution in [0.1, 0.15) is 43.9 Å². The Morgan fingerprint density at radius 1 is 0.976 bits per heavy atom. The maximum atomic E-state index is 14.2. The average molecular weight is 600 g/mol. The number of methoxy groups -OCH3 is 1. The highest BCUT2D eigenvalue weighted by molar-refractivity contribution is 7.92. The number of sulfonamides is 1. The fourth-order valence-corrected chi connectivity index (χ4v) is 6.10. The molecule has 0 fully saturated rings. The van der Waals surface area contributed by atoms with Gasteiger partial charge >= 0.3 is 0 Å². The van der Waals surface area contributed by atoms with Crippen molar-refractivity contribution in [2.75, 3.05) is 18.0 Å². The number of anilines is 1. The molecule has 0 aromatic heterocycles. The van der Waals surface area contributed by atoms with E-state index in [1.165, 1.54) is 30.2 Å². The van der Waals surface area contributed by atoms with Gasteiger partial charge in [0.1, 0.15) is 18.3 Å². The molecule has 8 nitrogen and oxygen atoms in total. The van der Waals surface area contributed by atoms with E-state index in [0.717, 1.165) is 21.0 Å². The lowest BCUT2D eigenvalue weighted by Crippen LogP contribution is -2.53. The second kappa shape index (κ2) is 13.9. The van der Waals surface area contributed by atoms with Crippen molar-refractivity contribution in [1.82, 2.24) is 10.2 Å². The molecule has 0 heterocycles. The van der Waals surface area contributed by atoms with Gasteiger partial charge in [0.2, 0.25) is 11.8 Å². The minimum atomic E-state index is -4.25. The van der Waals surface area contributed by atoms with Gasteiger partial charge in [-0.1, -0.05) is 66.0 Å². The van der Waals surface area contributed by atoms with Gasteiger partial charge in [-0.2, -0.15) is 0 Å². The summed E-state index contributed by atoms with van der Waals surface area (Å²) < 4.78 is 34.6. The van der Waals surface area contributed by atoms with E-state index in [0.29, 0.717) is 6.42 Å². The van der Waals surface area contributed by atoms with Crippen LogP contribution >= 0.6 is 11.6 Å². The van der Waals surface area contributed by atoms with Crippen molar-refractivity contribution < 1.29 is 22.7 Å². The van der Waals surface area contributed by atoms with Gasteiger partial charge in [-0.15, -0.1) is 0 Å². The lowest BCUT2D eigenvalue weighted by molar-refractivity contribution is -0.140. The van der Waals surface area contributed by atoms with Crippen molar-refractivity contribution in [2.24, 2.45) is 0 Å². The van der Waals surface area contributed by atoms with Crippen molar-refractivity contribution in [1.29, 1.82) is 0 Å². The average Bonchev–Trinajstić information content (AvgIpc) is 2.91. The van der Waals surface area contributed by atoms with E-state index >= 15 is 0 Å². The monoisotopic (exact) mass is 599 g/mol. The first-order chi connectivity index (χ1) is 19.4. The maximum Gasteiger partial charge on any atom is 0.264 e. The largest absolute Gasteiger partial charge is 0.495 e. The zero-order chi connectivity index (χ0) is 30.3. The number of halogens is 1. The molecule has 2 amide bonds. The molecule has 3 aromatic carbocycles. The lowest BCUT2D eigenvalue weighted by atomic mass is 10.1. The molecule has 10 heteroatoms. The molecule has 41 heavy (non-hydrogen) atoms. The Balaban J connectivity index is 2.14. The number of hydrogen-bond donors (Lipinski definition) is 1. The number of ether oxygens (including phenoxy) is 1. The normalized spacial score (nSPS) is 12.1. The van der Waals surface area contributed by atoms with Crippen LogP contribution in [0.25, 0.3) is 0 Å². The summed E-state index contributed by atoms with van der Waals surface area (Å²) in [7, 11) is -2.84. The summed E-state index contributed by atoms with van der Waals surface area (Å²) in [5.74, 6) is -0.625. The Morgan fingerprint density at radius 3 is 2.24 bits per heavy atom. The van der Waals surface area contributed by atoms with Crippen molar-refractivity contribution in [3.63, 3.8) is 0 Å². The van der Waals surface area contributed by atoms with E-state index in [2.05, 4.69) is 5.32 Å². The van der Waals surface area contributed by atoms with E-state index in [4.69, 9.17) is 16.3 Å². The number of nitrogens with one attached hydrogen (secondary N) is 1. The first-order valence-electron chi connectivity index (χ1n) is 13.5. The topological polar surface area (TPSA) is 96.0 Å². The van der Waals surface area contributed by atoms with Gasteiger partial charge in [0.25, 0.3) is 10.0 Å². The number of aryl methyl sites for hydroxylation is 2. The van der Waals surface area contributed by atoms with E-state index in [9.17, 15) is 18.0 Å². The molecular weight excluding hydrogens is 562 g/mol. The molecule has 0 radical (unpaired) electrons. The van der Waals surface area contributed by atoms with Crippen LogP contribution in [-0.2, 0) is 26.2 Å². The summed E-state index contributed by atoms with van der Waals surface area (Å²) in [5, 5.41) is 3.17.